The zero-order valence-electron chi connectivity index (χ0n) is 8.70. The fourth-order valence-corrected chi connectivity index (χ4v) is 1.67. The number of aromatic nitrogens is 2. The third kappa shape index (κ3) is 1.85. The van der Waals surface area contributed by atoms with E-state index in [2.05, 4.69) is 28.5 Å². The molecule has 1 heterocycles. The summed E-state index contributed by atoms with van der Waals surface area (Å²) in [5.41, 5.74) is 2.19. The Bertz CT molecular complexity index is 505. The lowest BCUT2D eigenvalue weighted by Gasteiger charge is -1.96. The number of hydrogen-bond donors (Lipinski definition) is 1. The summed E-state index contributed by atoms with van der Waals surface area (Å²) >= 11 is 0. The molecule has 0 aliphatic heterocycles. The lowest BCUT2D eigenvalue weighted by Crippen LogP contribution is -2.13. The van der Waals surface area contributed by atoms with Crippen LogP contribution in [0.25, 0.3) is 10.9 Å². The molecule has 0 unspecified atom stereocenters. The first kappa shape index (κ1) is 9.75. The number of fused-ring (bicyclic) bond motifs is 1. The van der Waals surface area contributed by atoms with Gasteiger partial charge in [0.25, 0.3) is 0 Å². The van der Waals surface area contributed by atoms with Gasteiger partial charge in [-0.15, -0.1) is 6.42 Å². The van der Waals surface area contributed by atoms with Crippen molar-refractivity contribution in [3.8, 4) is 12.3 Å². The average molecular weight is 199 g/mol. The Morgan fingerprint density at radius 2 is 2.27 bits per heavy atom. The van der Waals surface area contributed by atoms with Crippen molar-refractivity contribution in [3.63, 3.8) is 0 Å². The van der Waals surface area contributed by atoms with E-state index in [-0.39, 0.29) is 0 Å². The molecule has 2 rings (SSSR count). The Kier molecular flexibility index (Phi) is 2.70. The SMILES string of the molecule is C#CCNCc1nn(C)c2ccccc12. The Hall–Kier alpha value is -1.79. The maximum absolute atomic E-state index is 5.17. The van der Waals surface area contributed by atoms with Crippen LogP contribution in [0.5, 0.6) is 0 Å². The van der Waals surface area contributed by atoms with Gasteiger partial charge < -0.3 is 5.32 Å². The van der Waals surface area contributed by atoms with E-state index in [1.54, 1.807) is 0 Å². The zero-order chi connectivity index (χ0) is 10.7. The van der Waals surface area contributed by atoms with Crippen LogP contribution >= 0.6 is 0 Å². The first-order chi connectivity index (χ1) is 7.33. The minimum atomic E-state index is 0.574. The van der Waals surface area contributed by atoms with Crippen LogP contribution in [-0.4, -0.2) is 16.3 Å². The molecule has 1 aromatic carbocycles. The van der Waals surface area contributed by atoms with Gasteiger partial charge in [0.1, 0.15) is 0 Å². The predicted molar refractivity (Wildman–Crippen MR) is 61.3 cm³/mol. The Labute approximate surface area is 89.1 Å². The summed E-state index contributed by atoms with van der Waals surface area (Å²) in [5.74, 6) is 2.55. The van der Waals surface area contributed by atoms with E-state index in [0.29, 0.717) is 13.1 Å². The fraction of sp³-hybridized carbons (Fsp3) is 0.250. The monoisotopic (exact) mass is 199 g/mol. The topological polar surface area (TPSA) is 29.9 Å². The van der Waals surface area contributed by atoms with Crippen molar-refractivity contribution in [2.45, 2.75) is 6.54 Å². The molecule has 0 amide bonds. The Morgan fingerprint density at radius 1 is 1.47 bits per heavy atom. The van der Waals surface area contributed by atoms with Gasteiger partial charge in [0.05, 0.1) is 17.8 Å². The minimum Gasteiger partial charge on any atom is -0.300 e. The molecule has 3 heteroatoms. The van der Waals surface area contributed by atoms with E-state index >= 15 is 0 Å². The van der Waals surface area contributed by atoms with Gasteiger partial charge in [-0.1, -0.05) is 24.1 Å². The van der Waals surface area contributed by atoms with Gasteiger partial charge in [-0.25, -0.2) is 0 Å². The van der Waals surface area contributed by atoms with Crippen molar-refractivity contribution in [2.24, 2.45) is 7.05 Å². The number of aryl methyl sites for hydroxylation is 1. The second kappa shape index (κ2) is 4.16. The average Bonchev–Trinajstić information content (AvgIpc) is 2.58. The number of rotatable bonds is 3. The standard InChI is InChI=1S/C12H13N3/c1-3-8-13-9-11-10-6-4-5-7-12(10)15(2)14-11/h1,4-7,13H,8-9H2,2H3. The number of nitrogens with one attached hydrogen (secondary N) is 1. The minimum absolute atomic E-state index is 0.574. The quantitative estimate of drug-likeness (QED) is 0.596. The predicted octanol–water partition coefficient (Wildman–Crippen LogP) is 1.30. The highest BCUT2D eigenvalue weighted by molar-refractivity contribution is 5.81. The highest BCUT2D eigenvalue weighted by Gasteiger charge is 2.06. The maximum atomic E-state index is 5.17. The molecule has 0 aliphatic carbocycles. The van der Waals surface area contributed by atoms with Crippen LogP contribution in [0.4, 0.5) is 0 Å². The summed E-state index contributed by atoms with van der Waals surface area (Å²) < 4.78 is 1.89. The molecule has 0 fully saturated rings. The van der Waals surface area contributed by atoms with Crippen LogP contribution in [-0.2, 0) is 13.6 Å². The molecule has 0 aliphatic rings. The van der Waals surface area contributed by atoms with Crippen molar-refractivity contribution >= 4 is 10.9 Å². The molecule has 0 bridgehead atoms. The van der Waals surface area contributed by atoms with Gasteiger partial charge in [0.2, 0.25) is 0 Å². The first-order valence-corrected chi connectivity index (χ1v) is 4.87. The molecular formula is C12H13N3. The van der Waals surface area contributed by atoms with Gasteiger partial charge in [-0.2, -0.15) is 5.10 Å². The third-order valence-electron chi connectivity index (χ3n) is 2.35. The molecule has 0 saturated heterocycles. The number of hydrogen-bond acceptors (Lipinski definition) is 2. The van der Waals surface area contributed by atoms with Crippen LogP contribution in [0.15, 0.2) is 24.3 Å². The molecule has 1 aromatic heterocycles. The van der Waals surface area contributed by atoms with E-state index in [1.165, 1.54) is 5.39 Å². The van der Waals surface area contributed by atoms with Crippen LogP contribution < -0.4 is 5.32 Å². The molecule has 3 nitrogen and oxygen atoms in total. The summed E-state index contributed by atoms with van der Waals surface area (Å²) in [6.45, 7) is 1.29. The third-order valence-corrected chi connectivity index (χ3v) is 2.35. The molecule has 15 heavy (non-hydrogen) atoms. The maximum Gasteiger partial charge on any atom is 0.0841 e. The Balaban J connectivity index is 2.32. The fourth-order valence-electron chi connectivity index (χ4n) is 1.67. The lowest BCUT2D eigenvalue weighted by atomic mass is 10.2. The molecule has 0 radical (unpaired) electrons. The van der Waals surface area contributed by atoms with E-state index in [0.717, 1.165) is 11.2 Å². The molecular weight excluding hydrogens is 186 g/mol. The van der Waals surface area contributed by atoms with E-state index in [1.807, 2.05) is 23.9 Å². The summed E-state index contributed by atoms with van der Waals surface area (Å²) in [4.78, 5) is 0. The van der Waals surface area contributed by atoms with Crippen molar-refractivity contribution in [1.82, 2.24) is 15.1 Å². The Morgan fingerprint density at radius 3 is 3.07 bits per heavy atom. The van der Waals surface area contributed by atoms with Crippen LogP contribution in [0, 0.1) is 12.3 Å². The number of nitrogens with zero attached hydrogens (tertiary/aromatic N) is 2. The van der Waals surface area contributed by atoms with Crippen LogP contribution in [0.2, 0.25) is 0 Å². The normalized spacial score (nSPS) is 10.4. The second-order valence-corrected chi connectivity index (χ2v) is 3.40. The van der Waals surface area contributed by atoms with Crippen LogP contribution in [0.3, 0.4) is 0 Å². The number of benzene rings is 1. The van der Waals surface area contributed by atoms with E-state index < -0.39 is 0 Å². The van der Waals surface area contributed by atoms with Gasteiger partial charge >= 0.3 is 0 Å². The zero-order valence-corrected chi connectivity index (χ0v) is 8.70. The molecule has 0 spiro atoms. The molecule has 0 saturated carbocycles. The number of terminal acetylenes is 1. The number of para-hydroxylation sites is 1. The highest BCUT2D eigenvalue weighted by atomic mass is 15.3. The summed E-state index contributed by atoms with van der Waals surface area (Å²) in [6.07, 6.45) is 5.17. The largest absolute Gasteiger partial charge is 0.300 e. The first-order valence-electron chi connectivity index (χ1n) is 4.87. The van der Waals surface area contributed by atoms with Gasteiger partial charge in [0.15, 0.2) is 0 Å². The summed E-state index contributed by atoms with van der Waals surface area (Å²) in [6, 6.07) is 8.18. The van der Waals surface area contributed by atoms with E-state index in [4.69, 9.17) is 6.42 Å². The van der Waals surface area contributed by atoms with Crippen molar-refractivity contribution < 1.29 is 0 Å². The second-order valence-electron chi connectivity index (χ2n) is 3.40. The van der Waals surface area contributed by atoms with Gasteiger partial charge in [-0.3, -0.25) is 4.68 Å². The smallest absolute Gasteiger partial charge is 0.0841 e. The molecule has 76 valence electrons. The highest BCUT2D eigenvalue weighted by Crippen LogP contribution is 2.16. The van der Waals surface area contributed by atoms with Crippen molar-refractivity contribution in [1.29, 1.82) is 0 Å². The molecule has 0 atom stereocenters. The summed E-state index contributed by atoms with van der Waals surface area (Å²) in [7, 11) is 1.95. The molecule has 1 N–H and O–H groups in total. The molecule has 2 aromatic rings. The van der Waals surface area contributed by atoms with Gasteiger partial charge in [0, 0.05) is 19.0 Å². The van der Waals surface area contributed by atoms with Crippen molar-refractivity contribution in [3.05, 3.63) is 30.0 Å². The van der Waals surface area contributed by atoms with Gasteiger partial charge in [-0.05, 0) is 6.07 Å². The summed E-state index contributed by atoms with van der Waals surface area (Å²) in [5, 5.41) is 8.78. The van der Waals surface area contributed by atoms with Crippen LogP contribution in [0.1, 0.15) is 5.69 Å². The van der Waals surface area contributed by atoms with E-state index in [9.17, 15) is 0 Å². The van der Waals surface area contributed by atoms with Crippen molar-refractivity contribution in [2.75, 3.05) is 6.54 Å². The lowest BCUT2D eigenvalue weighted by molar-refractivity contribution is 0.707.